The molecule has 0 fully saturated rings. The fourth-order valence-electron chi connectivity index (χ4n) is 7.92. The van der Waals surface area contributed by atoms with Crippen LogP contribution in [-0.4, -0.2) is 53.8 Å². The summed E-state index contributed by atoms with van der Waals surface area (Å²) < 4.78 is 26.4. The largest absolute Gasteiger partial charge is 0.381 e. The number of pyridine rings is 2. The number of nitrogens with one attached hydrogen (secondary N) is 7. The molecular weight excluding hydrogens is 854 g/mol. The minimum Gasteiger partial charge on any atom is -0.381 e. The number of amides is 2. The lowest BCUT2D eigenvalue weighted by molar-refractivity contribution is 0.0957. The van der Waals surface area contributed by atoms with Crippen LogP contribution in [0.3, 0.4) is 0 Å². The summed E-state index contributed by atoms with van der Waals surface area (Å²) in [5, 5.41) is 9.25. The number of carbonyl (C=O) groups is 2. The third-order valence-corrected chi connectivity index (χ3v) is 11.5. The van der Waals surface area contributed by atoms with E-state index in [1.54, 1.807) is 54.7 Å². The van der Waals surface area contributed by atoms with Gasteiger partial charge in [0.1, 0.15) is 34.4 Å². The summed E-state index contributed by atoms with van der Waals surface area (Å²) in [6.07, 6.45) is 4.40. The third-order valence-electron chi connectivity index (χ3n) is 11.2. The van der Waals surface area contributed by atoms with Crippen molar-refractivity contribution in [2.24, 2.45) is 5.73 Å². The molecule has 8 aromatic rings. The number of rotatable bonds is 8. The minimum atomic E-state index is -0.313. The van der Waals surface area contributed by atoms with Gasteiger partial charge < -0.3 is 41.6 Å². The molecule has 9 N–H and O–H groups in total. The predicted octanol–water partition coefficient (Wildman–Crippen LogP) is 7.49. The number of hydrogen-bond donors (Lipinski definition) is 8. The molecule has 2 unspecified atom stereocenters. The Morgan fingerprint density at radius 2 is 1.17 bits per heavy atom. The molecule has 17 heteroatoms. The molecule has 2 aliphatic rings. The Labute approximate surface area is 375 Å². The van der Waals surface area contributed by atoms with Crippen molar-refractivity contribution >= 4 is 51.2 Å². The molecule has 2 aliphatic heterocycles. The van der Waals surface area contributed by atoms with Gasteiger partial charge in [-0.1, -0.05) is 23.7 Å². The van der Waals surface area contributed by atoms with Gasteiger partial charge in [-0.2, -0.15) is 0 Å². The highest BCUT2D eigenvalue weighted by molar-refractivity contribution is 6.33. The topological polar surface area (TPSA) is 219 Å². The molecule has 10 rings (SSSR count). The molecule has 0 aliphatic carbocycles. The average Bonchev–Trinajstić information content (AvgIpc) is 4.04. The Hall–Kier alpha value is -7.43. The zero-order valence-corrected chi connectivity index (χ0v) is 36.6. The van der Waals surface area contributed by atoms with Crippen molar-refractivity contribution in [2.45, 2.75) is 65.7 Å². The molecular formula is C48H45ClF2N10O4. The van der Waals surface area contributed by atoms with Crippen molar-refractivity contribution in [2.75, 3.05) is 5.32 Å². The molecule has 4 aromatic carbocycles. The van der Waals surface area contributed by atoms with Crippen LogP contribution in [0.1, 0.15) is 67.9 Å². The van der Waals surface area contributed by atoms with Crippen LogP contribution in [0.2, 0.25) is 5.02 Å². The number of imidazole rings is 2. The number of nitrogens with two attached hydrogens (primary N) is 1. The molecule has 14 nitrogen and oxygen atoms in total. The zero-order valence-electron chi connectivity index (χ0n) is 35.8. The van der Waals surface area contributed by atoms with Gasteiger partial charge in [0.2, 0.25) is 0 Å². The molecule has 65 heavy (non-hydrogen) atoms. The summed E-state index contributed by atoms with van der Waals surface area (Å²) >= 11 is 6.07. The molecule has 0 saturated heterocycles. The predicted molar refractivity (Wildman–Crippen MR) is 248 cm³/mol. The summed E-state index contributed by atoms with van der Waals surface area (Å²) in [7, 11) is 0. The van der Waals surface area contributed by atoms with E-state index in [1.807, 2.05) is 39.8 Å². The number of carbonyl (C=O) groups excluding carboxylic acids is 2. The normalized spacial score (nSPS) is 13.5. The summed E-state index contributed by atoms with van der Waals surface area (Å²) in [5.74, 6) is 0.136. The van der Waals surface area contributed by atoms with Gasteiger partial charge in [0.15, 0.2) is 0 Å². The second-order valence-electron chi connectivity index (χ2n) is 16.3. The fraction of sp³-hybridized carbons (Fsp3) is 0.208. The van der Waals surface area contributed by atoms with Crippen LogP contribution in [0.15, 0.2) is 94.8 Å². The molecule has 6 heterocycles. The number of fused-ring (bicyclic) bond motifs is 4. The van der Waals surface area contributed by atoms with Gasteiger partial charge in [0.25, 0.3) is 22.9 Å². The molecule has 0 saturated carbocycles. The Morgan fingerprint density at radius 1 is 0.677 bits per heavy atom. The molecule has 0 bridgehead atoms. The van der Waals surface area contributed by atoms with E-state index in [9.17, 15) is 28.0 Å². The summed E-state index contributed by atoms with van der Waals surface area (Å²) in [6, 6.07) is 20.2. The number of aromatic amines is 4. The van der Waals surface area contributed by atoms with Crippen LogP contribution in [0, 0.1) is 25.5 Å². The van der Waals surface area contributed by atoms with Crippen LogP contribution >= 0.6 is 11.6 Å². The van der Waals surface area contributed by atoms with Gasteiger partial charge in [-0.15, -0.1) is 0 Å². The maximum Gasteiger partial charge on any atom is 0.261 e. The van der Waals surface area contributed by atoms with Crippen LogP contribution in [0.4, 0.5) is 14.5 Å². The number of aromatic nitrogens is 6. The fourth-order valence-corrected chi connectivity index (χ4v) is 8.16. The number of nitrogens with zero attached hydrogens (tertiary/aromatic N) is 2. The second kappa shape index (κ2) is 18.3. The molecule has 2 atom stereocenters. The van der Waals surface area contributed by atoms with Crippen molar-refractivity contribution in [3.05, 3.63) is 167 Å². The molecule has 0 radical (unpaired) electrons. The lowest BCUT2D eigenvalue weighted by atomic mass is 10.0. The maximum atomic E-state index is 13.7. The lowest BCUT2D eigenvalue weighted by Gasteiger charge is -2.18. The number of halogens is 3. The highest BCUT2D eigenvalue weighted by Gasteiger charge is 2.24. The van der Waals surface area contributed by atoms with Gasteiger partial charge in [-0.25, -0.2) is 18.7 Å². The number of anilines is 1. The Bertz CT molecular complexity index is 3260. The van der Waals surface area contributed by atoms with Gasteiger partial charge in [0.05, 0.1) is 32.8 Å². The first-order valence-electron chi connectivity index (χ1n) is 20.8. The monoisotopic (exact) mass is 898 g/mol. The van der Waals surface area contributed by atoms with Crippen LogP contribution in [0.5, 0.6) is 0 Å². The standard InChI is InChI=1S/C24H22FN5O2.C14H9ClN4O2.C10H14FN/c1-12-3-4-16(25)8-14(12)7-13(2)28-18-5-6-26-24(32)21(18)22-29-19-9-15-11-27-23(31)17(15)10-20(19)30-22;15-8-1-2-16-14(21)11(8)12-18-9-3-6-5-17-13(20)7(6)4-10(9)19-12;1-7-3-4-10(11)6-9(7)5-8(2)12/h3-6,8-10,13H,7,11H2,1-2H3,(H,27,31)(H,29,30)(H2,26,28,32);1-4H,5H2,(H,16,21)(H,17,20)(H,18,19);3-4,6,8H,5,12H2,1-2H3. The van der Waals surface area contributed by atoms with Gasteiger partial charge >= 0.3 is 0 Å². The van der Waals surface area contributed by atoms with Crippen LogP contribution < -0.4 is 32.8 Å². The van der Waals surface area contributed by atoms with Gasteiger partial charge in [-0.05, 0) is 135 Å². The van der Waals surface area contributed by atoms with E-state index < -0.39 is 0 Å². The number of hydrogen-bond acceptors (Lipinski definition) is 8. The minimum absolute atomic E-state index is 0.0621. The Balaban J connectivity index is 0.000000149. The van der Waals surface area contributed by atoms with Crippen molar-refractivity contribution < 1.29 is 18.4 Å². The second-order valence-corrected chi connectivity index (χ2v) is 16.7. The lowest BCUT2D eigenvalue weighted by Crippen LogP contribution is -2.22. The SMILES string of the molecule is Cc1ccc(F)cc1CC(C)N.Cc1ccc(F)cc1CC(C)Nc1cc[nH]c(=O)c1-c1nc2cc3c(cc2[nH]1)CNC3=O.O=C1NCc2cc3[nH]c(-c4c(Cl)cc[nH]c4=O)nc3cc21. The first kappa shape index (κ1) is 44.2. The van der Waals surface area contributed by atoms with Crippen LogP contribution in [0.25, 0.3) is 44.8 Å². The van der Waals surface area contributed by atoms with Crippen LogP contribution in [-0.2, 0) is 25.9 Å². The molecule has 0 spiro atoms. The van der Waals surface area contributed by atoms with Gasteiger partial charge in [0, 0.05) is 48.7 Å². The zero-order chi connectivity index (χ0) is 46.1. The summed E-state index contributed by atoms with van der Waals surface area (Å²) in [4.78, 5) is 68.8. The number of aryl methyl sites for hydroxylation is 2. The first-order valence-corrected chi connectivity index (χ1v) is 21.2. The van der Waals surface area contributed by atoms with Crippen molar-refractivity contribution in [3.8, 4) is 22.8 Å². The van der Waals surface area contributed by atoms with E-state index in [1.165, 1.54) is 18.3 Å². The summed E-state index contributed by atoms with van der Waals surface area (Å²) in [6.45, 7) is 8.81. The Kier molecular flexibility index (Phi) is 12.5. The smallest absolute Gasteiger partial charge is 0.261 e. The number of H-pyrrole nitrogens is 4. The first-order chi connectivity index (χ1) is 31.1. The molecule has 2 amide bonds. The van der Waals surface area contributed by atoms with Crippen molar-refractivity contribution in [3.63, 3.8) is 0 Å². The van der Waals surface area contributed by atoms with Crippen molar-refractivity contribution in [1.29, 1.82) is 0 Å². The molecule has 332 valence electrons. The van der Waals surface area contributed by atoms with Crippen molar-refractivity contribution in [1.82, 2.24) is 40.5 Å². The van der Waals surface area contributed by atoms with E-state index in [0.717, 1.165) is 50.8 Å². The average molecular weight is 899 g/mol. The number of benzene rings is 4. The van der Waals surface area contributed by atoms with E-state index in [0.29, 0.717) is 75.2 Å². The van der Waals surface area contributed by atoms with E-state index >= 15 is 0 Å². The third kappa shape index (κ3) is 9.59. The highest BCUT2D eigenvalue weighted by Crippen LogP contribution is 2.30. The van der Waals surface area contributed by atoms with E-state index in [-0.39, 0.29) is 46.7 Å². The van der Waals surface area contributed by atoms with E-state index in [2.05, 4.69) is 45.9 Å². The molecule has 4 aromatic heterocycles. The van der Waals surface area contributed by atoms with Gasteiger partial charge in [-0.3, -0.25) is 19.2 Å². The maximum absolute atomic E-state index is 13.7. The Morgan fingerprint density at radius 3 is 1.69 bits per heavy atom. The summed E-state index contributed by atoms with van der Waals surface area (Å²) in [5.41, 5.74) is 16.2. The quantitative estimate of drug-likeness (QED) is 0.0762. The van der Waals surface area contributed by atoms with E-state index in [4.69, 9.17) is 17.3 Å². The highest BCUT2D eigenvalue weighted by atomic mass is 35.5.